The van der Waals surface area contributed by atoms with Gasteiger partial charge >= 0.3 is 6.03 Å². The number of nitrogens with one attached hydrogen (secondary N) is 1. The van der Waals surface area contributed by atoms with Crippen LogP contribution in [0.2, 0.25) is 0 Å². The van der Waals surface area contributed by atoms with Gasteiger partial charge in [0.1, 0.15) is 5.82 Å². The van der Waals surface area contributed by atoms with Crippen molar-refractivity contribution in [2.75, 3.05) is 5.75 Å². The van der Waals surface area contributed by atoms with Crippen molar-refractivity contribution in [2.24, 2.45) is 5.73 Å². The number of thioether (sulfide) groups is 1. The molecule has 18 heavy (non-hydrogen) atoms. The Labute approximate surface area is 109 Å². The maximum atomic E-state index is 12.7. The van der Waals surface area contributed by atoms with Crippen LogP contribution >= 0.6 is 11.8 Å². The SMILES string of the molecule is C[C@H](SCCC(=O)NC(N)=O)c1ccc(F)cc1. The number of hydrogen-bond donors (Lipinski definition) is 2. The molecule has 0 bridgehead atoms. The summed E-state index contributed by atoms with van der Waals surface area (Å²) in [7, 11) is 0. The highest BCUT2D eigenvalue weighted by Crippen LogP contribution is 2.28. The second kappa shape index (κ2) is 7.00. The molecule has 4 nitrogen and oxygen atoms in total. The van der Waals surface area contributed by atoms with Gasteiger partial charge in [-0.05, 0) is 24.6 Å². The number of carbonyl (C=O) groups is 2. The zero-order valence-electron chi connectivity index (χ0n) is 9.98. The van der Waals surface area contributed by atoms with E-state index in [4.69, 9.17) is 5.73 Å². The van der Waals surface area contributed by atoms with Crippen molar-refractivity contribution in [1.29, 1.82) is 0 Å². The van der Waals surface area contributed by atoms with E-state index in [0.29, 0.717) is 5.75 Å². The predicted octanol–water partition coefficient (Wildman–Crippen LogP) is 2.20. The summed E-state index contributed by atoms with van der Waals surface area (Å²) < 4.78 is 12.7. The van der Waals surface area contributed by atoms with Gasteiger partial charge in [-0.1, -0.05) is 12.1 Å². The molecule has 0 aliphatic heterocycles. The van der Waals surface area contributed by atoms with Gasteiger partial charge in [0.25, 0.3) is 0 Å². The van der Waals surface area contributed by atoms with Crippen LogP contribution in [0.1, 0.15) is 24.2 Å². The Bertz CT molecular complexity index is 423. The molecule has 0 saturated carbocycles. The van der Waals surface area contributed by atoms with Gasteiger partial charge in [-0.15, -0.1) is 0 Å². The first-order valence-corrected chi connectivity index (χ1v) is 6.50. The van der Waals surface area contributed by atoms with Crippen molar-refractivity contribution in [2.45, 2.75) is 18.6 Å². The molecule has 0 unspecified atom stereocenters. The molecule has 0 heterocycles. The van der Waals surface area contributed by atoms with Crippen LogP contribution in [0.5, 0.6) is 0 Å². The standard InChI is InChI=1S/C12H15FN2O2S/c1-8(9-2-4-10(13)5-3-9)18-7-6-11(16)15-12(14)17/h2-5,8H,6-7H2,1H3,(H3,14,15,16,17)/t8-/m0/s1. The number of imide groups is 1. The molecule has 0 fully saturated rings. The summed E-state index contributed by atoms with van der Waals surface area (Å²) in [5, 5.41) is 2.16. The van der Waals surface area contributed by atoms with E-state index < -0.39 is 6.03 Å². The summed E-state index contributed by atoms with van der Waals surface area (Å²) in [4.78, 5) is 21.5. The van der Waals surface area contributed by atoms with Crippen molar-refractivity contribution in [3.8, 4) is 0 Å². The fourth-order valence-corrected chi connectivity index (χ4v) is 2.36. The van der Waals surface area contributed by atoms with Crippen LogP contribution in [0.4, 0.5) is 9.18 Å². The molecule has 0 aromatic heterocycles. The van der Waals surface area contributed by atoms with Crippen LogP contribution in [0, 0.1) is 5.82 Å². The quantitative estimate of drug-likeness (QED) is 0.861. The molecule has 0 spiro atoms. The average molecular weight is 270 g/mol. The number of urea groups is 1. The molecular formula is C12H15FN2O2S. The Morgan fingerprint density at radius 2 is 2.00 bits per heavy atom. The van der Waals surface area contributed by atoms with Crippen LogP contribution < -0.4 is 11.1 Å². The number of carbonyl (C=O) groups excluding carboxylic acids is 2. The van der Waals surface area contributed by atoms with E-state index in [2.05, 4.69) is 0 Å². The van der Waals surface area contributed by atoms with Crippen molar-refractivity contribution >= 4 is 23.7 Å². The minimum atomic E-state index is -0.836. The Hall–Kier alpha value is -1.56. The summed E-state index contributed by atoms with van der Waals surface area (Å²) in [5.41, 5.74) is 5.81. The maximum absolute atomic E-state index is 12.7. The van der Waals surface area contributed by atoms with Gasteiger partial charge in [0, 0.05) is 17.4 Å². The lowest BCUT2D eigenvalue weighted by Gasteiger charge is -2.11. The van der Waals surface area contributed by atoms with E-state index in [1.54, 1.807) is 23.9 Å². The van der Waals surface area contributed by atoms with E-state index in [1.807, 2.05) is 12.2 Å². The second-order valence-corrected chi connectivity index (χ2v) is 5.18. The van der Waals surface area contributed by atoms with E-state index in [1.165, 1.54) is 12.1 Å². The van der Waals surface area contributed by atoms with E-state index in [9.17, 15) is 14.0 Å². The number of amides is 3. The first kappa shape index (κ1) is 14.5. The molecule has 0 radical (unpaired) electrons. The Kier molecular flexibility index (Phi) is 5.64. The van der Waals surface area contributed by atoms with Crippen LogP contribution in [0.3, 0.4) is 0 Å². The summed E-state index contributed by atoms with van der Waals surface area (Å²) in [6.07, 6.45) is 0.221. The van der Waals surface area contributed by atoms with Gasteiger partial charge in [-0.2, -0.15) is 11.8 Å². The number of benzene rings is 1. The lowest BCUT2D eigenvalue weighted by molar-refractivity contribution is -0.119. The molecule has 0 saturated heterocycles. The van der Waals surface area contributed by atoms with Crippen molar-refractivity contribution in [3.05, 3.63) is 35.6 Å². The average Bonchev–Trinajstić information content (AvgIpc) is 2.28. The third kappa shape index (κ3) is 5.18. The lowest BCUT2D eigenvalue weighted by Crippen LogP contribution is -2.35. The smallest absolute Gasteiger partial charge is 0.318 e. The van der Waals surface area contributed by atoms with Crippen LogP contribution in [-0.4, -0.2) is 17.7 Å². The monoisotopic (exact) mass is 270 g/mol. The topological polar surface area (TPSA) is 72.2 Å². The highest BCUT2D eigenvalue weighted by atomic mass is 32.2. The van der Waals surface area contributed by atoms with E-state index >= 15 is 0 Å². The highest BCUT2D eigenvalue weighted by molar-refractivity contribution is 7.99. The van der Waals surface area contributed by atoms with E-state index in [0.717, 1.165) is 5.56 Å². The lowest BCUT2D eigenvalue weighted by atomic mass is 10.2. The molecule has 3 amide bonds. The first-order valence-electron chi connectivity index (χ1n) is 5.45. The van der Waals surface area contributed by atoms with Crippen LogP contribution in [-0.2, 0) is 4.79 Å². The minimum Gasteiger partial charge on any atom is -0.351 e. The molecule has 6 heteroatoms. The number of rotatable bonds is 5. The Balaban J connectivity index is 2.33. The second-order valence-electron chi connectivity index (χ2n) is 3.73. The van der Waals surface area contributed by atoms with Gasteiger partial charge in [0.05, 0.1) is 0 Å². The van der Waals surface area contributed by atoms with Gasteiger partial charge in [0.15, 0.2) is 0 Å². The normalized spacial score (nSPS) is 11.9. The fourth-order valence-electron chi connectivity index (χ4n) is 1.36. The largest absolute Gasteiger partial charge is 0.351 e. The zero-order valence-corrected chi connectivity index (χ0v) is 10.8. The number of halogens is 1. The molecule has 0 aliphatic rings. The number of hydrogen-bond acceptors (Lipinski definition) is 3. The van der Waals surface area contributed by atoms with Gasteiger partial charge in [0.2, 0.25) is 5.91 Å². The molecule has 1 aromatic carbocycles. The Morgan fingerprint density at radius 3 is 2.56 bits per heavy atom. The summed E-state index contributed by atoms with van der Waals surface area (Å²) >= 11 is 1.56. The number of nitrogens with two attached hydrogens (primary N) is 1. The molecule has 0 aliphatic carbocycles. The fraction of sp³-hybridized carbons (Fsp3) is 0.333. The van der Waals surface area contributed by atoms with Gasteiger partial charge in [-0.3, -0.25) is 10.1 Å². The van der Waals surface area contributed by atoms with Crippen LogP contribution in [0.15, 0.2) is 24.3 Å². The van der Waals surface area contributed by atoms with Crippen LogP contribution in [0.25, 0.3) is 0 Å². The third-order valence-corrected chi connectivity index (χ3v) is 3.51. The van der Waals surface area contributed by atoms with Crippen molar-refractivity contribution in [1.82, 2.24) is 5.32 Å². The summed E-state index contributed by atoms with van der Waals surface area (Å²) in [5.74, 6) is -0.0874. The number of primary amides is 1. The molecular weight excluding hydrogens is 255 g/mol. The Morgan fingerprint density at radius 1 is 1.39 bits per heavy atom. The molecule has 3 N–H and O–H groups in total. The molecule has 1 rings (SSSR count). The summed E-state index contributed by atoms with van der Waals surface area (Å²) in [6.45, 7) is 1.98. The van der Waals surface area contributed by atoms with Gasteiger partial charge in [-0.25, -0.2) is 9.18 Å². The summed E-state index contributed by atoms with van der Waals surface area (Å²) in [6, 6.07) is 5.42. The van der Waals surface area contributed by atoms with Gasteiger partial charge < -0.3 is 5.73 Å². The molecule has 98 valence electrons. The maximum Gasteiger partial charge on any atom is 0.318 e. The first-order chi connectivity index (χ1) is 8.49. The minimum absolute atomic E-state index is 0.159. The predicted molar refractivity (Wildman–Crippen MR) is 69.6 cm³/mol. The third-order valence-electron chi connectivity index (χ3n) is 2.30. The highest BCUT2D eigenvalue weighted by Gasteiger charge is 2.08. The molecule has 1 atom stereocenters. The van der Waals surface area contributed by atoms with Crippen molar-refractivity contribution < 1.29 is 14.0 Å². The van der Waals surface area contributed by atoms with E-state index in [-0.39, 0.29) is 23.4 Å². The van der Waals surface area contributed by atoms with Crippen molar-refractivity contribution in [3.63, 3.8) is 0 Å². The molecule has 1 aromatic rings. The zero-order chi connectivity index (χ0) is 13.5.